The van der Waals surface area contributed by atoms with Crippen LogP contribution in [0.1, 0.15) is 39.2 Å². The van der Waals surface area contributed by atoms with Gasteiger partial charge in [-0.1, -0.05) is 32.9 Å². The predicted octanol–water partition coefficient (Wildman–Crippen LogP) is 3.64. The lowest BCUT2D eigenvalue weighted by Gasteiger charge is -2.32. The summed E-state index contributed by atoms with van der Waals surface area (Å²) in [4.78, 5) is 6.87. The molecule has 2 N–H and O–H groups in total. The lowest BCUT2D eigenvalue weighted by molar-refractivity contribution is 0.277. The van der Waals surface area contributed by atoms with E-state index in [-0.39, 0.29) is 29.4 Å². The van der Waals surface area contributed by atoms with Crippen molar-refractivity contribution in [1.29, 1.82) is 0 Å². The maximum atomic E-state index is 6.18. The molecule has 1 aliphatic rings. The van der Waals surface area contributed by atoms with Crippen molar-refractivity contribution in [1.82, 2.24) is 4.90 Å². The molecule has 0 bridgehead atoms. The molecule has 1 aromatic rings. The molecule has 0 aliphatic carbocycles. The summed E-state index contributed by atoms with van der Waals surface area (Å²) in [5, 5.41) is 0. The standard InChI is InChI=1S/C18H29N3O.HI/c1-14-9-11-21(12-10-14)17(19)20-13-18(2,3)15-5-7-16(22-4)8-6-15;/h5-8,14H,9-13H2,1-4H3,(H2,19,20);1H. The fourth-order valence-electron chi connectivity index (χ4n) is 2.75. The SMILES string of the molecule is COc1ccc(C(C)(C)CN=C(N)N2CCC(C)CC2)cc1.I. The van der Waals surface area contributed by atoms with Gasteiger partial charge in [-0.05, 0) is 36.5 Å². The number of aliphatic imine (C=N–C) groups is 1. The van der Waals surface area contributed by atoms with Crippen molar-refractivity contribution in [2.75, 3.05) is 26.7 Å². The van der Waals surface area contributed by atoms with Gasteiger partial charge in [-0.2, -0.15) is 0 Å². The topological polar surface area (TPSA) is 50.9 Å². The number of hydrogen-bond acceptors (Lipinski definition) is 2. The van der Waals surface area contributed by atoms with Crippen LogP contribution in [-0.2, 0) is 5.41 Å². The van der Waals surface area contributed by atoms with Gasteiger partial charge in [0.05, 0.1) is 13.7 Å². The Hall–Kier alpha value is -0.980. The Morgan fingerprint density at radius 3 is 2.35 bits per heavy atom. The summed E-state index contributed by atoms with van der Waals surface area (Å²) in [6.45, 7) is 9.45. The summed E-state index contributed by atoms with van der Waals surface area (Å²) >= 11 is 0. The third kappa shape index (κ3) is 5.55. The summed E-state index contributed by atoms with van der Waals surface area (Å²) in [5.74, 6) is 2.37. The highest BCUT2D eigenvalue weighted by Gasteiger charge is 2.22. The van der Waals surface area contributed by atoms with E-state index in [0.29, 0.717) is 12.5 Å². The van der Waals surface area contributed by atoms with Crippen LogP contribution in [0.2, 0.25) is 0 Å². The van der Waals surface area contributed by atoms with Gasteiger partial charge in [-0.25, -0.2) is 0 Å². The van der Waals surface area contributed by atoms with E-state index in [4.69, 9.17) is 10.5 Å². The van der Waals surface area contributed by atoms with Gasteiger partial charge in [0.1, 0.15) is 5.75 Å². The minimum absolute atomic E-state index is 0. The molecule has 0 saturated carbocycles. The fraction of sp³-hybridized carbons (Fsp3) is 0.611. The minimum Gasteiger partial charge on any atom is -0.497 e. The molecule has 0 amide bonds. The lowest BCUT2D eigenvalue weighted by Crippen LogP contribution is -2.43. The van der Waals surface area contributed by atoms with E-state index in [9.17, 15) is 0 Å². The number of nitrogens with two attached hydrogens (primary N) is 1. The largest absolute Gasteiger partial charge is 0.497 e. The molecule has 130 valence electrons. The Labute approximate surface area is 157 Å². The maximum Gasteiger partial charge on any atom is 0.191 e. The van der Waals surface area contributed by atoms with Crippen LogP contribution in [0.4, 0.5) is 0 Å². The van der Waals surface area contributed by atoms with Gasteiger partial charge in [0.2, 0.25) is 0 Å². The molecule has 1 saturated heterocycles. The molecule has 0 unspecified atom stereocenters. The smallest absolute Gasteiger partial charge is 0.191 e. The van der Waals surface area contributed by atoms with Gasteiger partial charge in [-0.3, -0.25) is 4.99 Å². The molecule has 0 radical (unpaired) electrons. The predicted molar refractivity (Wildman–Crippen MR) is 108 cm³/mol. The molecule has 1 fully saturated rings. The number of nitrogens with zero attached hydrogens (tertiary/aromatic N) is 2. The molecule has 0 spiro atoms. The molecular weight excluding hydrogens is 401 g/mol. The summed E-state index contributed by atoms with van der Waals surface area (Å²) < 4.78 is 5.21. The number of guanidine groups is 1. The molecule has 4 nitrogen and oxygen atoms in total. The average Bonchev–Trinajstić information content (AvgIpc) is 2.53. The number of rotatable bonds is 4. The monoisotopic (exact) mass is 431 g/mol. The van der Waals surface area contributed by atoms with Crippen LogP contribution in [0.15, 0.2) is 29.3 Å². The maximum absolute atomic E-state index is 6.18. The second-order valence-corrected chi connectivity index (χ2v) is 6.96. The van der Waals surface area contributed by atoms with Crippen LogP contribution in [0.5, 0.6) is 5.75 Å². The number of likely N-dealkylation sites (tertiary alicyclic amines) is 1. The number of halogens is 1. The first-order valence-electron chi connectivity index (χ1n) is 8.12. The van der Waals surface area contributed by atoms with Gasteiger partial charge >= 0.3 is 0 Å². The van der Waals surface area contributed by atoms with E-state index in [2.05, 4.69) is 42.8 Å². The van der Waals surface area contributed by atoms with E-state index in [1.165, 1.54) is 18.4 Å². The van der Waals surface area contributed by atoms with E-state index in [0.717, 1.165) is 24.8 Å². The third-order valence-electron chi connectivity index (χ3n) is 4.62. The molecule has 23 heavy (non-hydrogen) atoms. The highest BCUT2D eigenvalue weighted by Crippen LogP contribution is 2.25. The van der Waals surface area contributed by atoms with Gasteiger partial charge in [0.15, 0.2) is 5.96 Å². The van der Waals surface area contributed by atoms with Gasteiger partial charge in [-0.15, -0.1) is 24.0 Å². The van der Waals surface area contributed by atoms with E-state index in [1.54, 1.807) is 7.11 Å². The van der Waals surface area contributed by atoms with E-state index in [1.807, 2.05) is 12.1 Å². The lowest BCUT2D eigenvalue weighted by atomic mass is 9.85. The van der Waals surface area contributed by atoms with Crippen LogP contribution in [0, 0.1) is 5.92 Å². The molecule has 1 heterocycles. The number of methoxy groups -OCH3 is 1. The van der Waals surface area contributed by atoms with Crippen molar-refractivity contribution in [3.05, 3.63) is 29.8 Å². The molecule has 1 aliphatic heterocycles. The molecule has 0 aromatic heterocycles. The summed E-state index contributed by atoms with van der Waals surface area (Å²) in [6, 6.07) is 8.20. The van der Waals surface area contributed by atoms with Crippen molar-refractivity contribution >= 4 is 29.9 Å². The van der Waals surface area contributed by atoms with Crippen LogP contribution in [0.3, 0.4) is 0 Å². The number of benzene rings is 1. The minimum atomic E-state index is -0.0417. The summed E-state index contributed by atoms with van der Waals surface area (Å²) in [7, 11) is 1.69. The van der Waals surface area contributed by atoms with Crippen LogP contribution in [-0.4, -0.2) is 37.6 Å². The third-order valence-corrected chi connectivity index (χ3v) is 4.62. The Morgan fingerprint density at radius 2 is 1.83 bits per heavy atom. The van der Waals surface area contributed by atoms with Crippen LogP contribution in [0.25, 0.3) is 0 Å². The zero-order chi connectivity index (χ0) is 16.2. The van der Waals surface area contributed by atoms with Crippen LogP contribution < -0.4 is 10.5 Å². The molecule has 5 heteroatoms. The molecule has 0 atom stereocenters. The second-order valence-electron chi connectivity index (χ2n) is 6.96. The van der Waals surface area contributed by atoms with E-state index < -0.39 is 0 Å². The quantitative estimate of drug-likeness (QED) is 0.450. The fourth-order valence-corrected chi connectivity index (χ4v) is 2.75. The highest BCUT2D eigenvalue weighted by atomic mass is 127. The number of hydrogen-bond donors (Lipinski definition) is 1. The summed E-state index contributed by atoms with van der Waals surface area (Å²) in [5.41, 5.74) is 7.39. The Balaban J connectivity index is 0.00000264. The van der Waals surface area contributed by atoms with Crippen molar-refractivity contribution in [3.8, 4) is 5.75 Å². The van der Waals surface area contributed by atoms with Crippen molar-refractivity contribution < 1.29 is 4.74 Å². The first kappa shape index (κ1) is 20.1. The Bertz CT molecular complexity index is 506. The van der Waals surface area contributed by atoms with Gasteiger partial charge < -0.3 is 15.4 Å². The summed E-state index contributed by atoms with van der Waals surface area (Å²) in [6.07, 6.45) is 2.41. The molecule has 2 rings (SSSR count). The number of ether oxygens (including phenoxy) is 1. The normalized spacial score (nSPS) is 16.9. The highest BCUT2D eigenvalue weighted by molar-refractivity contribution is 14.0. The Morgan fingerprint density at radius 1 is 1.26 bits per heavy atom. The Kier molecular flexibility index (Phi) is 7.64. The first-order valence-corrected chi connectivity index (χ1v) is 8.12. The van der Waals surface area contributed by atoms with Crippen LogP contribution >= 0.6 is 24.0 Å². The molecular formula is C18H30IN3O. The van der Waals surface area contributed by atoms with Crippen molar-refractivity contribution in [3.63, 3.8) is 0 Å². The zero-order valence-corrected chi connectivity index (χ0v) is 17.0. The van der Waals surface area contributed by atoms with Crippen molar-refractivity contribution in [2.45, 2.75) is 39.0 Å². The zero-order valence-electron chi connectivity index (χ0n) is 14.7. The van der Waals surface area contributed by atoms with Gasteiger partial charge in [0.25, 0.3) is 0 Å². The molecule has 1 aromatic carbocycles. The average molecular weight is 431 g/mol. The van der Waals surface area contributed by atoms with E-state index >= 15 is 0 Å². The number of piperidine rings is 1. The first-order chi connectivity index (χ1) is 10.4. The van der Waals surface area contributed by atoms with Gasteiger partial charge in [0, 0.05) is 18.5 Å². The van der Waals surface area contributed by atoms with Crippen molar-refractivity contribution in [2.24, 2.45) is 16.6 Å². The second kappa shape index (κ2) is 8.76.